The van der Waals surface area contributed by atoms with Crippen LogP contribution in [0.2, 0.25) is 0 Å². The van der Waals surface area contributed by atoms with Crippen LogP contribution in [0.3, 0.4) is 0 Å². The van der Waals surface area contributed by atoms with Gasteiger partial charge in [0.15, 0.2) is 5.78 Å². The highest BCUT2D eigenvalue weighted by molar-refractivity contribution is 6.08. The van der Waals surface area contributed by atoms with E-state index < -0.39 is 5.97 Å². The monoisotopic (exact) mass is 310 g/mol. The van der Waals surface area contributed by atoms with Crippen molar-refractivity contribution in [3.8, 4) is 5.75 Å². The molecule has 0 aliphatic carbocycles. The predicted molar refractivity (Wildman–Crippen MR) is 87.6 cm³/mol. The number of hydrogen-bond donors (Lipinski definition) is 0. The number of esters is 1. The molecule has 23 heavy (non-hydrogen) atoms. The van der Waals surface area contributed by atoms with Gasteiger partial charge in [-0.3, -0.25) is 4.79 Å². The zero-order valence-corrected chi connectivity index (χ0v) is 13.0. The van der Waals surface area contributed by atoms with E-state index >= 15 is 0 Å². The van der Waals surface area contributed by atoms with Gasteiger partial charge in [0.25, 0.3) is 0 Å². The van der Waals surface area contributed by atoms with Crippen molar-refractivity contribution in [2.45, 2.75) is 6.92 Å². The van der Waals surface area contributed by atoms with Crippen LogP contribution in [0.5, 0.6) is 5.75 Å². The Morgan fingerprint density at radius 2 is 1.57 bits per heavy atom. The highest BCUT2D eigenvalue weighted by atomic mass is 16.5. The molecule has 0 saturated carbocycles. The molecule has 4 heteroatoms. The van der Waals surface area contributed by atoms with Gasteiger partial charge < -0.3 is 9.47 Å². The summed E-state index contributed by atoms with van der Waals surface area (Å²) in [6.07, 6.45) is 0. The van der Waals surface area contributed by atoms with Gasteiger partial charge in [0.1, 0.15) is 12.4 Å². The van der Waals surface area contributed by atoms with Crippen molar-refractivity contribution in [2.75, 3.05) is 13.2 Å². The molecule has 2 aromatic rings. The van der Waals surface area contributed by atoms with Gasteiger partial charge in [-0.05, 0) is 31.2 Å². The van der Waals surface area contributed by atoms with Crippen LogP contribution >= 0.6 is 0 Å². The summed E-state index contributed by atoms with van der Waals surface area (Å²) in [7, 11) is 0. The maximum Gasteiger partial charge on any atom is 0.336 e. The summed E-state index contributed by atoms with van der Waals surface area (Å²) in [5.74, 6) is 0.0384. The van der Waals surface area contributed by atoms with Crippen molar-refractivity contribution < 1.29 is 19.1 Å². The van der Waals surface area contributed by atoms with Crippen molar-refractivity contribution in [3.05, 3.63) is 77.9 Å². The van der Waals surface area contributed by atoms with Gasteiger partial charge in [-0.2, -0.15) is 0 Å². The number of hydrogen-bond acceptors (Lipinski definition) is 4. The van der Waals surface area contributed by atoms with E-state index in [9.17, 15) is 9.59 Å². The average molecular weight is 310 g/mol. The molecule has 0 unspecified atom stereocenters. The van der Waals surface area contributed by atoms with E-state index in [1.807, 2.05) is 18.2 Å². The fourth-order valence-electron chi connectivity index (χ4n) is 1.92. The zero-order valence-electron chi connectivity index (χ0n) is 13.0. The van der Waals surface area contributed by atoms with Gasteiger partial charge in [0.05, 0.1) is 12.2 Å². The summed E-state index contributed by atoms with van der Waals surface area (Å²) < 4.78 is 10.3. The minimum absolute atomic E-state index is 0.0464. The second kappa shape index (κ2) is 7.94. The van der Waals surface area contributed by atoms with Crippen LogP contribution in [0.15, 0.2) is 66.7 Å². The molecule has 0 fully saturated rings. The molecule has 0 aromatic heterocycles. The van der Waals surface area contributed by atoms with E-state index in [1.165, 1.54) is 0 Å². The Kier molecular flexibility index (Phi) is 5.69. The minimum atomic E-state index is -0.469. The molecule has 0 N–H and O–H groups in total. The van der Waals surface area contributed by atoms with Crippen LogP contribution in [0, 0.1) is 0 Å². The molecule has 0 amide bonds. The quantitative estimate of drug-likeness (QED) is 0.447. The van der Waals surface area contributed by atoms with E-state index in [0.717, 1.165) is 0 Å². The predicted octanol–water partition coefficient (Wildman–Crippen LogP) is 3.42. The van der Waals surface area contributed by atoms with Gasteiger partial charge in [0, 0.05) is 11.1 Å². The Morgan fingerprint density at radius 1 is 0.957 bits per heavy atom. The van der Waals surface area contributed by atoms with Gasteiger partial charge in [-0.1, -0.05) is 36.9 Å². The van der Waals surface area contributed by atoms with Crippen molar-refractivity contribution in [1.29, 1.82) is 0 Å². The fraction of sp³-hybridized carbons (Fsp3) is 0.158. The van der Waals surface area contributed by atoms with Gasteiger partial charge in [-0.25, -0.2) is 4.79 Å². The molecule has 0 atom stereocenters. The van der Waals surface area contributed by atoms with Crippen LogP contribution < -0.4 is 4.74 Å². The summed E-state index contributed by atoms with van der Waals surface area (Å²) >= 11 is 0. The molecule has 0 heterocycles. The lowest BCUT2D eigenvalue weighted by Gasteiger charge is -2.08. The fourth-order valence-corrected chi connectivity index (χ4v) is 1.92. The van der Waals surface area contributed by atoms with Crippen molar-refractivity contribution >= 4 is 11.8 Å². The number of benzene rings is 2. The van der Waals surface area contributed by atoms with E-state index in [4.69, 9.17) is 9.47 Å². The third-order valence-electron chi connectivity index (χ3n) is 3.13. The number of rotatable bonds is 7. The summed E-state index contributed by atoms with van der Waals surface area (Å²) in [5, 5.41) is 0. The van der Waals surface area contributed by atoms with Gasteiger partial charge >= 0.3 is 5.97 Å². The molecule has 0 aliphatic heterocycles. The van der Waals surface area contributed by atoms with E-state index in [2.05, 4.69) is 6.58 Å². The summed E-state index contributed by atoms with van der Waals surface area (Å²) in [6.45, 7) is 5.70. The highest BCUT2D eigenvalue weighted by Crippen LogP contribution is 2.16. The molecular formula is C19H18O4. The van der Waals surface area contributed by atoms with Crippen molar-refractivity contribution in [1.82, 2.24) is 0 Å². The largest absolute Gasteiger partial charge is 0.489 e. The second-order valence-corrected chi connectivity index (χ2v) is 4.83. The van der Waals surface area contributed by atoms with Crippen molar-refractivity contribution in [2.24, 2.45) is 0 Å². The first-order valence-corrected chi connectivity index (χ1v) is 7.29. The lowest BCUT2D eigenvalue weighted by atomic mass is 10.0. The lowest BCUT2D eigenvalue weighted by Crippen LogP contribution is -2.13. The molecule has 0 saturated heterocycles. The Morgan fingerprint density at radius 3 is 2.17 bits per heavy atom. The van der Waals surface area contributed by atoms with Crippen LogP contribution in [0.1, 0.15) is 22.8 Å². The van der Waals surface area contributed by atoms with E-state index in [1.54, 1.807) is 43.3 Å². The van der Waals surface area contributed by atoms with E-state index in [0.29, 0.717) is 23.5 Å². The maximum atomic E-state index is 12.3. The highest BCUT2D eigenvalue weighted by Gasteiger charge is 2.10. The number of carbonyl (C=O) groups is 2. The third kappa shape index (κ3) is 4.54. The van der Waals surface area contributed by atoms with Crippen LogP contribution in [-0.4, -0.2) is 25.0 Å². The molecule has 2 aromatic carbocycles. The second-order valence-electron chi connectivity index (χ2n) is 4.83. The first-order chi connectivity index (χ1) is 11.1. The smallest absolute Gasteiger partial charge is 0.336 e. The number of ether oxygens (including phenoxy) is 2. The molecular weight excluding hydrogens is 292 g/mol. The molecule has 0 spiro atoms. The van der Waals surface area contributed by atoms with Crippen LogP contribution in [0.4, 0.5) is 0 Å². The number of carbonyl (C=O) groups excluding carboxylic acids is 2. The normalized spacial score (nSPS) is 9.96. The Balaban J connectivity index is 1.96. The average Bonchev–Trinajstić information content (AvgIpc) is 2.60. The van der Waals surface area contributed by atoms with Crippen LogP contribution in [-0.2, 0) is 9.53 Å². The lowest BCUT2D eigenvalue weighted by molar-refractivity contribution is -0.138. The first kappa shape index (κ1) is 16.5. The summed E-state index contributed by atoms with van der Waals surface area (Å²) in [5.41, 5.74) is 1.46. The first-order valence-electron chi connectivity index (χ1n) is 7.29. The molecule has 4 nitrogen and oxygen atoms in total. The Bertz CT molecular complexity index is 687. The molecule has 0 radical (unpaired) electrons. The maximum absolute atomic E-state index is 12.3. The Labute approximate surface area is 135 Å². The van der Waals surface area contributed by atoms with Gasteiger partial charge in [0.2, 0.25) is 0 Å². The molecule has 2 rings (SSSR count). The van der Waals surface area contributed by atoms with Crippen LogP contribution in [0.25, 0.3) is 0 Å². The van der Waals surface area contributed by atoms with Gasteiger partial charge in [-0.15, -0.1) is 0 Å². The van der Waals surface area contributed by atoms with Crippen molar-refractivity contribution in [3.63, 3.8) is 0 Å². The SMILES string of the molecule is C=C(COc1ccc(C(=O)c2ccccc2)cc1)C(=O)OCC. The Hall–Kier alpha value is -2.88. The molecule has 0 bridgehead atoms. The molecule has 118 valence electrons. The summed E-state index contributed by atoms with van der Waals surface area (Å²) in [4.78, 5) is 23.7. The van der Waals surface area contributed by atoms with E-state index in [-0.39, 0.29) is 18.0 Å². The number of ketones is 1. The topological polar surface area (TPSA) is 52.6 Å². The summed E-state index contributed by atoms with van der Waals surface area (Å²) in [6, 6.07) is 15.8. The molecule has 0 aliphatic rings. The third-order valence-corrected chi connectivity index (χ3v) is 3.13. The standard InChI is InChI=1S/C19H18O4/c1-3-22-19(21)14(2)13-23-17-11-9-16(10-12-17)18(20)15-7-5-4-6-8-15/h4-12H,2-3,13H2,1H3. The minimum Gasteiger partial charge on any atom is -0.489 e. The zero-order chi connectivity index (χ0) is 16.7.